The van der Waals surface area contributed by atoms with Crippen molar-refractivity contribution in [2.45, 2.75) is 63.7 Å². The van der Waals surface area contributed by atoms with E-state index in [0.717, 1.165) is 0 Å². The number of hydrogen-bond acceptors (Lipinski definition) is 0. The summed E-state index contributed by atoms with van der Waals surface area (Å²) in [5.41, 5.74) is 3.17. The Kier molecular flexibility index (Phi) is 6.75. The lowest BCUT2D eigenvalue weighted by Gasteiger charge is -2.23. The average Bonchev–Trinajstić information content (AvgIpc) is 2.31. The van der Waals surface area contributed by atoms with Crippen molar-refractivity contribution < 1.29 is 22.6 Å². The quantitative estimate of drug-likeness (QED) is 0.579. The van der Waals surface area contributed by atoms with Gasteiger partial charge in [0.2, 0.25) is 0 Å². The molecule has 0 saturated heterocycles. The molecule has 0 atom stereocenters. The molecule has 0 aromatic heterocycles. The molecule has 0 amide bonds. The first-order valence-electron chi connectivity index (χ1n) is 6.59. The Balaban J connectivity index is 0.00000121. The second-order valence-electron chi connectivity index (χ2n) is 5.33. The van der Waals surface area contributed by atoms with Crippen molar-refractivity contribution in [3.8, 4) is 0 Å². The van der Waals surface area contributed by atoms with Gasteiger partial charge in [-0.1, -0.05) is 58.9 Å². The van der Waals surface area contributed by atoms with Crippen molar-refractivity contribution in [2.24, 2.45) is 0 Å². The predicted octanol–water partition coefficient (Wildman–Crippen LogP) is 1.92. The molecule has 98 valence electrons. The second-order valence-corrected chi connectivity index (χ2v) is 8.24. The van der Waals surface area contributed by atoms with Gasteiger partial charge >= 0.3 is 0 Å². The lowest BCUT2D eigenvalue weighted by molar-refractivity contribution is -0.475. The van der Waals surface area contributed by atoms with Crippen LogP contribution in [0.25, 0.3) is 0 Å². The highest BCUT2D eigenvalue weighted by Gasteiger charge is 2.26. The molecule has 0 N–H and O–H groups in total. The van der Waals surface area contributed by atoms with E-state index in [9.17, 15) is 0 Å². The molecule has 0 nitrogen and oxygen atoms in total. The van der Waals surface area contributed by atoms with E-state index in [0.29, 0.717) is 5.41 Å². The molecule has 1 aromatic carbocycles. The zero-order valence-electron chi connectivity index (χ0n) is 12.4. The van der Waals surface area contributed by atoms with Gasteiger partial charge in [-0.2, -0.15) is 0 Å². The number of alkyl halides is 1. The minimum Gasteiger partial charge on any atom is -0.0683 e. The summed E-state index contributed by atoms with van der Waals surface area (Å²) >= 11 is 2.18. The summed E-state index contributed by atoms with van der Waals surface area (Å²) in [6.45, 7) is 15.4. The van der Waals surface area contributed by atoms with Crippen molar-refractivity contribution >= 4 is 0 Å². The fraction of sp³-hybridized carbons (Fsp3) is 0.625. The molecule has 0 saturated carbocycles. The molecular weight excluding hydrogens is 319 g/mol. The van der Waals surface area contributed by atoms with Crippen LogP contribution in [0.2, 0.25) is 0 Å². The summed E-state index contributed by atoms with van der Waals surface area (Å²) in [6, 6.07) is 9.11. The van der Waals surface area contributed by atoms with Crippen molar-refractivity contribution in [2.75, 3.05) is 0 Å². The van der Waals surface area contributed by atoms with Gasteiger partial charge in [-0.25, -0.2) is 0 Å². The topological polar surface area (TPSA) is 0 Å². The molecule has 1 rings (SSSR count). The minimum atomic E-state index is 0.269. The summed E-state index contributed by atoms with van der Waals surface area (Å²) < 4.78 is 0.269. The Labute approximate surface area is 121 Å². The fourth-order valence-electron chi connectivity index (χ4n) is 1.53. The van der Waals surface area contributed by atoms with Crippen molar-refractivity contribution in [1.82, 2.24) is 0 Å². The second kappa shape index (κ2) is 6.77. The predicted molar refractivity (Wildman–Crippen MR) is 75.5 cm³/mol. The highest BCUT2D eigenvalue weighted by Crippen LogP contribution is 2.27. The van der Waals surface area contributed by atoms with Crippen LogP contribution >= 0.6 is 0 Å². The molecule has 0 spiro atoms. The summed E-state index contributed by atoms with van der Waals surface area (Å²) in [6.07, 6.45) is 1.18. The molecule has 1 aromatic rings. The maximum Gasteiger partial charge on any atom is 0.263 e. The monoisotopic (exact) mass is 347 g/mol. The molecule has 0 unspecified atom stereocenters. The Morgan fingerprint density at radius 3 is 1.53 bits per heavy atom. The zero-order valence-corrected chi connectivity index (χ0v) is 14.8. The number of halogens is 1. The third-order valence-corrected chi connectivity index (χ3v) is 3.92. The van der Waals surface area contributed by atoms with E-state index in [2.05, 4.69) is 81.5 Å². The summed E-state index contributed by atoms with van der Waals surface area (Å²) in [5, 5.41) is 0. The molecule has 0 aliphatic rings. The smallest absolute Gasteiger partial charge is 0.0683 e. The molecule has 0 heterocycles. The van der Waals surface area contributed by atoms with E-state index in [1.807, 2.05) is 13.8 Å². The van der Waals surface area contributed by atoms with Crippen LogP contribution in [0.4, 0.5) is 0 Å². The lowest BCUT2D eigenvalue weighted by Crippen LogP contribution is -3.41. The summed E-state index contributed by atoms with van der Waals surface area (Å²) in [4.78, 5) is 0. The van der Waals surface area contributed by atoms with Crippen LogP contribution in [-0.4, -0.2) is 0 Å². The highest BCUT2D eigenvalue weighted by molar-refractivity contribution is 5.30. The molecule has 0 fully saturated rings. The van der Waals surface area contributed by atoms with Gasteiger partial charge in [0.25, 0.3) is 22.6 Å². The van der Waals surface area contributed by atoms with Gasteiger partial charge < -0.3 is 0 Å². The van der Waals surface area contributed by atoms with Gasteiger partial charge in [-0.15, -0.1) is 0 Å². The first-order valence-corrected chi connectivity index (χ1v) is 7.75. The first kappa shape index (κ1) is 16.9. The Morgan fingerprint density at radius 1 is 0.882 bits per heavy atom. The van der Waals surface area contributed by atoms with Crippen LogP contribution in [0.3, 0.4) is 0 Å². The number of benzene rings is 1. The van der Waals surface area contributed by atoms with Crippen LogP contribution in [-0.2, 0) is 8.84 Å². The van der Waals surface area contributed by atoms with Gasteiger partial charge in [0.1, 0.15) is 0 Å². The molecular formula is C16H28I+. The van der Waals surface area contributed by atoms with Gasteiger partial charge in [0, 0.05) is 5.56 Å². The summed E-state index contributed by atoms with van der Waals surface area (Å²) in [7, 11) is 0. The van der Waals surface area contributed by atoms with Gasteiger partial charge in [0.15, 0.2) is 3.42 Å². The zero-order chi connectivity index (χ0) is 13.7. The van der Waals surface area contributed by atoms with E-state index in [1.54, 1.807) is 0 Å². The molecule has 0 bridgehead atoms. The van der Waals surface area contributed by atoms with E-state index in [4.69, 9.17) is 0 Å². The third kappa shape index (κ3) is 4.99. The Hall–Kier alpha value is -0.0500. The van der Waals surface area contributed by atoms with Crippen LogP contribution in [0, 0.1) is 0 Å². The van der Waals surface area contributed by atoms with Crippen molar-refractivity contribution in [3.05, 3.63) is 35.4 Å². The SMILES string of the molecule is CC.CCC(C)(C)c1ccc(C(C)(C)[IH+])cc1. The average molecular weight is 347 g/mol. The van der Waals surface area contributed by atoms with Gasteiger partial charge in [-0.3, -0.25) is 0 Å². The fourth-order valence-corrected chi connectivity index (χ4v) is 1.92. The standard InChI is InChI=1S/C14H22I.C2H6/c1-6-13(2,3)11-7-9-12(10-8-11)14(4,5)15;1-2/h7-10,15H,6H2,1-5H3;1-2H3/q+1;. The molecule has 0 radical (unpaired) electrons. The lowest BCUT2D eigenvalue weighted by atomic mass is 9.81. The highest BCUT2D eigenvalue weighted by atomic mass is 127. The molecule has 0 aliphatic carbocycles. The molecule has 17 heavy (non-hydrogen) atoms. The van der Waals surface area contributed by atoms with Crippen LogP contribution in [0.5, 0.6) is 0 Å². The van der Waals surface area contributed by atoms with E-state index in [1.165, 1.54) is 17.5 Å². The van der Waals surface area contributed by atoms with Crippen LogP contribution in [0.1, 0.15) is 66.0 Å². The van der Waals surface area contributed by atoms with Crippen LogP contribution < -0.4 is 22.6 Å². The van der Waals surface area contributed by atoms with Crippen LogP contribution in [0.15, 0.2) is 24.3 Å². The normalized spacial score (nSPS) is 11.8. The number of rotatable bonds is 3. The maximum absolute atomic E-state index is 2.31. The van der Waals surface area contributed by atoms with E-state index < -0.39 is 0 Å². The minimum absolute atomic E-state index is 0.269. The van der Waals surface area contributed by atoms with Crippen molar-refractivity contribution in [1.29, 1.82) is 0 Å². The summed E-state index contributed by atoms with van der Waals surface area (Å²) in [5.74, 6) is 0. The molecule has 1 heteroatoms. The molecule has 0 aliphatic heterocycles. The Morgan fingerprint density at radius 2 is 1.24 bits per heavy atom. The maximum atomic E-state index is 2.31. The largest absolute Gasteiger partial charge is 0.263 e. The number of hydrogen-bond donors (Lipinski definition) is 0. The first-order chi connectivity index (χ1) is 7.77. The van der Waals surface area contributed by atoms with E-state index in [-0.39, 0.29) is 3.42 Å². The third-order valence-electron chi connectivity index (χ3n) is 3.25. The van der Waals surface area contributed by atoms with Gasteiger partial charge in [-0.05, 0) is 31.2 Å². The van der Waals surface area contributed by atoms with Gasteiger partial charge in [0.05, 0.1) is 0 Å². The van der Waals surface area contributed by atoms with Crippen molar-refractivity contribution in [3.63, 3.8) is 0 Å². The Bertz CT molecular complexity index is 314. The van der Waals surface area contributed by atoms with E-state index >= 15 is 0 Å².